The fourth-order valence-electron chi connectivity index (χ4n) is 4.91. The molecule has 0 saturated carbocycles. The van der Waals surface area contributed by atoms with E-state index in [1.165, 1.54) is 24.3 Å². The largest absolute Gasteiger partial charge is 0.390 e. The first-order valence-electron chi connectivity index (χ1n) is 15.2. The molecule has 0 atom stereocenters. The molecule has 0 fully saturated rings. The summed E-state index contributed by atoms with van der Waals surface area (Å²) in [6, 6.07) is 29.8. The van der Waals surface area contributed by atoms with Crippen molar-refractivity contribution in [2.75, 3.05) is 35.7 Å². The zero-order chi connectivity index (χ0) is 32.4. The maximum atomic E-state index is 13.4. The Bertz CT molecular complexity index is 1810. The number of ether oxygens (including phenoxy) is 1. The van der Waals surface area contributed by atoms with Gasteiger partial charge in [-0.15, -0.1) is 0 Å². The number of carbonyl (C=O) groups excluding carboxylic acids is 2. The molecule has 1 aromatic heterocycles. The van der Waals surface area contributed by atoms with Gasteiger partial charge in [0, 0.05) is 42.2 Å². The van der Waals surface area contributed by atoms with Crippen molar-refractivity contribution in [1.82, 2.24) is 25.5 Å². The van der Waals surface area contributed by atoms with Crippen LogP contribution in [0.1, 0.15) is 26.3 Å². The summed E-state index contributed by atoms with van der Waals surface area (Å²) in [4.78, 5) is 39.1. The van der Waals surface area contributed by atoms with Crippen molar-refractivity contribution in [2.24, 2.45) is 0 Å². The zero-order valence-corrected chi connectivity index (χ0v) is 25.4. The summed E-state index contributed by atoms with van der Waals surface area (Å²) in [6.07, 6.45) is 0.535. The van der Waals surface area contributed by atoms with Gasteiger partial charge in [0.1, 0.15) is 5.82 Å². The first kappa shape index (κ1) is 31.2. The van der Waals surface area contributed by atoms with E-state index in [0.717, 1.165) is 16.7 Å². The molecule has 5 aromatic rings. The second-order valence-electron chi connectivity index (χ2n) is 10.8. The van der Waals surface area contributed by atoms with E-state index < -0.39 is 5.82 Å². The van der Waals surface area contributed by atoms with Gasteiger partial charge in [-0.1, -0.05) is 47.9 Å². The van der Waals surface area contributed by atoms with Gasteiger partial charge in [0.25, 0.3) is 12.8 Å². The van der Waals surface area contributed by atoms with E-state index in [0.29, 0.717) is 67.3 Å². The molecule has 236 valence electrons. The maximum absolute atomic E-state index is 13.4. The Hall–Kier alpha value is -5.82. The highest BCUT2D eigenvalue weighted by atomic mass is 19.1. The van der Waals surface area contributed by atoms with Crippen LogP contribution < -0.4 is 32.0 Å². The second-order valence-corrected chi connectivity index (χ2v) is 10.8. The molecule has 47 heavy (non-hydrogen) atoms. The minimum absolute atomic E-state index is 0.169. The summed E-state index contributed by atoms with van der Waals surface area (Å²) in [6.45, 7) is 1.33. The number of halogens is 1. The normalized spacial score (nSPS) is 12.9. The molecule has 11 nitrogen and oxygen atoms in total. The lowest BCUT2D eigenvalue weighted by atomic mass is 9.53. The van der Waals surface area contributed by atoms with Crippen LogP contribution in [0.3, 0.4) is 0 Å². The van der Waals surface area contributed by atoms with Crippen molar-refractivity contribution in [2.45, 2.75) is 12.9 Å². The molecule has 4 aromatic carbocycles. The lowest BCUT2D eigenvalue weighted by Gasteiger charge is -2.16. The lowest BCUT2D eigenvalue weighted by molar-refractivity contribution is 0.0948. The van der Waals surface area contributed by atoms with Crippen molar-refractivity contribution in [3.05, 3.63) is 126 Å². The first-order valence-corrected chi connectivity index (χ1v) is 15.2. The van der Waals surface area contributed by atoms with Crippen LogP contribution in [-0.2, 0) is 11.3 Å². The van der Waals surface area contributed by atoms with E-state index in [2.05, 4.69) is 41.4 Å². The Morgan fingerprint density at radius 1 is 0.787 bits per heavy atom. The smallest absolute Gasteiger partial charge is 0.291 e. The molecule has 0 spiro atoms. The summed E-state index contributed by atoms with van der Waals surface area (Å²) in [5, 5.41) is 15.6. The molecular formula is C34H32BFN8O3. The average molecular weight is 630 g/mol. The molecule has 0 aliphatic carbocycles. The quantitative estimate of drug-likeness (QED) is 0.164. The average Bonchev–Trinajstić information content (AvgIpc) is 3.10. The lowest BCUT2D eigenvalue weighted by Crippen LogP contribution is -2.48. The van der Waals surface area contributed by atoms with Crippen molar-refractivity contribution in [3.8, 4) is 0 Å². The molecule has 2 aliphatic heterocycles. The summed E-state index contributed by atoms with van der Waals surface area (Å²) in [5.74, 6) is 0.0954. The van der Waals surface area contributed by atoms with Gasteiger partial charge in [0.2, 0.25) is 23.8 Å². The van der Waals surface area contributed by atoms with E-state index in [9.17, 15) is 14.0 Å². The number of amides is 2. The summed E-state index contributed by atoms with van der Waals surface area (Å²) in [7, 11) is 0. The van der Waals surface area contributed by atoms with Crippen LogP contribution in [-0.4, -0.2) is 53.4 Å². The van der Waals surface area contributed by atoms with Crippen LogP contribution in [0.25, 0.3) is 0 Å². The number of carbonyl (C=O) groups is 2. The van der Waals surface area contributed by atoms with Crippen molar-refractivity contribution in [3.63, 3.8) is 0 Å². The van der Waals surface area contributed by atoms with Crippen LogP contribution in [0, 0.1) is 5.82 Å². The molecule has 2 amide bonds. The van der Waals surface area contributed by atoms with Crippen LogP contribution in [0.2, 0.25) is 6.32 Å². The number of anilines is 5. The molecule has 5 N–H and O–H groups in total. The highest BCUT2D eigenvalue weighted by molar-refractivity contribution is 6.73. The van der Waals surface area contributed by atoms with E-state index >= 15 is 0 Å². The molecular weight excluding hydrogens is 598 g/mol. The molecule has 13 heteroatoms. The van der Waals surface area contributed by atoms with Gasteiger partial charge in [-0.3, -0.25) is 9.59 Å². The first-order chi connectivity index (χ1) is 23.0. The highest BCUT2D eigenvalue weighted by Gasteiger charge is 2.21. The standard InChI is InChI=1S/C34H32BFN8O3/c36-27-12-6-25(7-13-27)31(46)44-35-18-20-47-21-19-37-32-41-33(43-34(42-32)40-29-16-10-26(35)11-17-29)39-28-14-8-24(9-15-28)30(45)38-22-23-4-2-1-3-5-23/h1-17H,18-22H2,(H,38,45)(H,44,46)(H3,37,39,40,41,42,43). The number of aromatic nitrogens is 3. The van der Waals surface area contributed by atoms with E-state index in [1.54, 1.807) is 24.3 Å². The van der Waals surface area contributed by atoms with Gasteiger partial charge in [-0.05, 0) is 72.5 Å². The maximum Gasteiger partial charge on any atom is 0.291 e. The molecule has 0 unspecified atom stereocenters. The number of rotatable bonds is 7. The third-order valence-electron chi connectivity index (χ3n) is 7.40. The van der Waals surface area contributed by atoms with Gasteiger partial charge >= 0.3 is 0 Å². The van der Waals surface area contributed by atoms with Crippen LogP contribution in [0.4, 0.5) is 33.6 Å². The Morgan fingerprint density at radius 3 is 2.26 bits per heavy atom. The number of nitrogens with zero attached hydrogens (tertiary/aromatic N) is 3. The predicted octanol–water partition coefficient (Wildman–Crippen LogP) is 4.50. The van der Waals surface area contributed by atoms with E-state index in [-0.39, 0.29) is 18.7 Å². The third kappa shape index (κ3) is 8.67. The molecule has 3 heterocycles. The van der Waals surface area contributed by atoms with Crippen LogP contribution >= 0.6 is 0 Å². The van der Waals surface area contributed by atoms with Crippen LogP contribution in [0.15, 0.2) is 103 Å². The number of hydrogen-bond acceptors (Lipinski definition) is 9. The number of hydrogen-bond donors (Lipinski definition) is 5. The Kier molecular flexibility index (Phi) is 9.94. The molecule has 0 saturated heterocycles. The molecule has 0 radical (unpaired) electrons. The summed E-state index contributed by atoms with van der Waals surface area (Å²) < 4.78 is 19.2. The predicted molar refractivity (Wildman–Crippen MR) is 180 cm³/mol. The number of nitrogens with one attached hydrogen (secondary N) is 5. The SMILES string of the molecule is O=C(NCc1ccccc1)c1ccc(Nc2nc3nc(n2)Nc2ccc(cc2)B(NC(=O)c2ccc(F)cc2)CCOCCN3)cc1. The van der Waals surface area contributed by atoms with Gasteiger partial charge in [-0.25, -0.2) is 4.39 Å². The fraction of sp³-hybridized carbons (Fsp3) is 0.147. The van der Waals surface area contributed by atoms with Crippen molar-refractivity contribution < 1.29 is 18.7 Å². The van der Waals surface area contributed by atoms with Gasteiger partial charge < -0.3 is 31.2 Å². The van der Waals surface area contributed by atoms with Gasteiger partial charge in [-0.2, -0.15) is 15.0 Å². The minimum Gasteiger partial charge on any atom is -0.390 e. The van der Waals surface area contributed by atoms with E-state index in [1.807, 2.05) is 54.6 Å². The van der Waals surface area contributed by atoms with Gasteiger partial charge in [0.05, 0.1) is 6.61 Å². The summed E-state index contributed by atoms with van der Waals surface area (Å²) in [5.41, 5.74) is 4.24. The monoisotopic (exact) mass is 630 g/mol. The number of fused-ring (bicyclic) bond motifs is 8. The van der Waals surface area contributed by atoms with E-state index in [4.69, 9.17) is 4.74 Å². The zero-order valence-electron chi connectivity index (χ0n) is 25.4. The molecule has 2 aliphatic rings. The summed E-state index contributed by atoms with van der Waals surface area (Å²) >= 11 is 0. The topological polar surface area (TPSA) is 142 Å². The molecule has 4 bridgehead atoms. The van der Waals surface area contributed by atoms with Crippen molar-refractivity contribution in [1.29, 1.82) is 0 Å². The number of benzene rings is 4. The highest BCUT2D eigenvalue weighted by Crippen LogP contribution is 2.19. The third-order valence-corrected chi connectivity index (χ3v) is 7.40. The Morgan fingerprint density at radius 2 is 1.49 bits per heavy atom. The fourth-order valence-corrected chi connectivity index (χ4v) is 4.91. The molecule has 7 rings (SSSR count). The van der Waals surface area contributed by atoms with Crippen LogP contribution in [0.5, 0.6) is 0 Å². The Labute approximate surface area is 271 Å². The van der Waals surface area contributed by atoms with Gasteiger partial charge in [0.15, 0.2) is 0 Å². The Balaban J connectivity index is 1.14. The van der Waals surface area contributed by atoms with Crippen molar-refractivity contribution >= 4 is 53.3 Å². The second kappa shape index (κ2) is 15.0. The minimum atomic E-state index is -0.400.